The molecule has 0 aromatic rings. The smallest absolute Gasteiger partial charge is 0.223 e. The summed E-state index contributed by atoms with van der Waals surface area (Å²) < 4.78 is 5.69. The second kappa shape index (κ2) is 7.22. The molecule has 0 spiro atoms. The standard InChI is InChI=1S/C14H27N3O2/c1-2-17-7-8-19-13(10-17)9-16-14(18)11-3-5-12(15)6-4-11/h11-13H,2-10,15H2,1H3,(H,16,18). The van der Waals surface area contributed by atoms with Crippen molar-refractivity contribution in [1.82, 2.24) is 10.2 Å². The van der Waals surface area contributed by atoms with Gasteiger partial charge in [0.1, 0.15) is 0 Å². The Balaban J connectivity index is 1.68. The van der Waals surface area contributed by atoms with Crippen molar-refractivity contribution in [2.24, 2.45) is 11.7 Å². The first-order chi connectivity index (χ1) is 9.19. The van der Waals surface area contributed by atoms with Crippen LogP contribution in [0, 0.1) is 5.92 Å². The van der Waals surface area contributed by atoms with E-state index in [2.05, 4.69) is 17.1 Å². The summed E-state index contributed by atoms with van der Waals surface area (Å²) in [6.07, 6.45) is 3.95. The molecule has 1 saturated heterocycles. The zero-order valence-corrected chi connectivity index (χ0v) is 11.9. The monoisotopic (exact) mass is 269 g/mol. The predicted molar refractivity (Wildman–Crippen MR) is 74.8 cm³/mol. The number of rotatable bonds is 4. The van der Waals surface area contributed by atoms with Gasteiger partial charge in [0.25, 0.3) is 0 Å². The summed E-state index contributed by atoms with van der Waals surface area (Å²) in [7, 11) is 0. The molecule has 1 aliphatic heterocycles. The number of nitrogens with one attached hydrogen (secondary N) is 1. The first-order valence-corrected chi connectivity index (χ1v) is 7.56. The lowest BCUT2D eigenvalue weighted by atomic mass is 9.86. The Hall–Kier alpha value is -0.650. The molecule has 1 saturated carbocycles. The number of nitrogens with two attached hydrogens (primary N) is 1. The molecule has 1 unspecified atom stereocenters. The van der Waals surface area contributed by atoms with Crippen molar-refractivity contribution in [3.8, 4) is 0 Å². The summed E-state index contributed by atoms with van der Waals surface area (Å²) in [5.74, 6) is 0.342. The van der Waals surface area contributed by atoms with Gasteiger partial charge in [-0.1, -0.05) is 6.92 Å². The molecule has 1 amide bonds. The average molecular weight is 269 g/mol. The lowest BCUT2D eigenvalue weighted by molar-refractivity contribution is -0.127. The predicted octanol–water partition coefficient (Wildman–Crippen LogP) is 0.341. The van der Waals surface area contributed by atoms with Crippen molar-refractivity contribution in [3.05, 3.63) is 0 Å². The quantitative estimate of drug-likeness (QED) is 0.772. The SMILES string of the molecule is CCN1CCOC(CNC(=O)C2CCC(N)CC2)C1. The minimum atomic E-state index is 0.142. The van der Waals surface area contributed by atoms with Crippen LogP contribution < -0.4 is 11.1 Å². The largest absolute Gasteiger partial charge is 0.374 e. The van der Waals surface area contributed by atoms with Crippen LogP contribution in [0.25, 0.3) is 0 Å². The summed E-state index contributed by atoms with van der Waals surface area (Å²) in [6, 6.07) is 0.295. The molecule has 5 heteroatoms. The fourth-order valence-electron chi connectivity index (χ4n) is 2.93. The van der Waals surface area contributed by atoms with Crippen molar-refractivity contribution in [2.75, 3.05) is 32.8 Å². The number of hydrogen-bond donors (Lipinski definition) is 2. The van der Waals surface area contributed by atoms with Crippen molar-refractivity contribution in [3.63, 3.8) is 0 Å². The molecule has 110 valence electrons. The molecular weight excluding hydrogens is 242 g/mol. The minimum absolute atomic E-state index is 0.142. The molecule has 5 nitrogen and oxygen atoms in total. The van der Waals surface area contributed by atoms with Gasteiger partial charge < -0.3 is 15.8 Å². The maximum absolute atomic E-state index is 12.1. The zero-order valence-electron chi connectivity index (χ0n) is 11.9. The Labute approximate surface area is 115 Å². The van der Waals surface area contributed by atoms with Crippen molar-refractivity contribution in [2.45, 2.75) is 44.8 Å². The van der Waals surface area contributed by atoms with E-state index >= 15 is 0 Å². The fraction of sp³-hybridized carbons (Fsp3) is 0.929. The molecule has 1 heterocycles. The Morgan fingerprint density at radius 3 is 2.79 bits per heavy atom. The van der Waals surface area contributed by atoms with Gasteiger partial charge in [0.05, 0.1) is 12.7 Å². The van der Waals surface area contributed by atoms with E-state index in [1.807, 2.05) is 0 Å². The summed E-state index contributed by atoms with van der Waals surface area (Å²) in [6.45, 7) is 6.54. The summed E-state index contributed by atoms with van der Waals surface area (Å²) in [5.41, 5.74) is 5.86. The van der Waals surface area contributed by atoms with E-state index in [1.165, 1.54) is 0 Å². The molecule has 2 fully saturated rings. The van der Waals surface area contributed by atoms with E-state index in [0.717, 1.165) is 51.9 Å². The molecule has 3 N–H and O–H groups in total. The number of carbonyl (C=O) groups excluding carboxylic acids is 1. The van der Waals surface area contributed by atoms with E-state index in [9.17, 15) is 4.79 Å². The second-order valence-corrected chi connectivity index (χ2v) is 5.74. The molecule has 1 aliphatic carbocycles. The molecule has 1 atom stereocenters. The Morgan fingerprint density at radius 2 is 2.11 bits per heavy atom. The van der Waals surface area contributed by atoms with Crippen LogP contribution in [0.4, 0.5) is 0 Å². The molecule has 0 aromatic carbocycles. The summed E-state index contributed by atoms with van der Waals surface area (Å²) in [5, 5.41) is 3.05. The van der Waals surface area contributed by atoms with Gasteiger partial charge in [-0.05, 0) is 32.2 Å². The van der Waals surface area contributed by atoms with Gasteiger partial charge in [-0.25, -0.2) is 0 Å². The number of carbonyl (C=O) groups is 1. The van der Waals surface area contributed by atoms with Crippen LogP contribution in [0.15, 0.2) is 0 Å². The normalized spacial score (nSPS) is 33.1. The fourth-order valence-corrected chi connectivity index (χ4v) is 2.93. The highest BCUT2D eigenvalue weighted by Gasteiger charge is 2.26. The van der Waals surface area contributed by atoms with Gasteiger partial charge >= 0.3 is 0 Å². The first-order valence-electron chi connectivity index (χ1n) is 7.56. The van der Waals surface area contributed by atoms with Gasteiger partial charge in [0, 0.05) is 31.6 Å². The van der Waals surface area contributed by atoms with Crippen LogP contribution in [0.1, 0.15) is 32.6 Å². The van der Waals surface area contributed by atoms with Gasteiger partial charge in [0.15, 0.2) is 0 Å². The zero-order chi connectivity index (χ0) is 13.7. The summed E-state index contributed by atoms with van der Waals surface area (Å²) in [4.78, 5) is 14.4. The number of hydrogen-bond acceptors (Lipinski definition) is 4. The molecule has 2 rings (SSSR count). The highest BCUT2D eigenvalue weighted by atomic mass is 16.5. The van der Waals surface area contributed by atoms with Gasteiger partial charge in [-0.3, -0.25) is 9.69 Å². The van der Waals surface area contributed by atoms with Crippen molar-refractivity contribution < 1.29 is 9.53 Å². The highest BCUT2D eigenvalue weighted by Crippen LogP contribution is 2.23. The van der Waals surface area contributed by atoms with Crippen LogP contribution in [0.2, 0.25) is 0 Å². The number of nitrogens with zero attached hydrogens (tertiary/aromatic N) is 1. The van der Waals surface area contributed by atoms with Crippen LogP contribution >= 0.6 is 0 Å². The lowest BCUT2D eigenvalue weighted by Crippen LogP contribution is -2.48. The van der Waals surface area contributed by atoms with Crippen LogP contribution in [0.3, 0.4) is 0 Å². The molecule has 0 aromatic heterocycles. The summed E-state index contributed by atoms with van der Waals surface area (Å²) >= 11 is 0. The maximum Gasteiger partial charge on any atom is 0.223 e. The number of amides is 1. The van der Waals surface area contributed by atoms with E-state index in [4.69, 9.17) is 10.5 Å². The van der Waals surface area contributed by atoms with Gasteiger partial charge in [-0.2, -0.15) is 0 Å². The van der Waals surface area contributed by atoms with E-state index in [1.54, 1.807) is 0 Å². The van der Waals surface area contributed by atoms with Gasteiger partial charge in [-0.15, -0.1) is 0 Å². The Bertz CT molecular complexity index is 290. The average Bonchev–Trinajstić information content (AvgIpc) is 2.46. The van der Waals surface area contributed by atoms with Crippen LogP contribution in [-0.2, 0) is 9.53 Å². The van der Waals surface area contributed by atoms with E-state index in [-0.39, 0.29) is 17.9 Å². The molecular formula is C14H27N3O2. The number of likely N-dealkylation sites (N-methyl/N-ethyl adjacent to an activating group) is 1. The molecule has 0 radical (unpaired) electrons. The molecule has 2 aliphatic rings. The minimum Gasteiger partial charge on any atom is -0.374 e. The Kier molecular flexibility index (Phi) is 5.60. The Morgan fingerprint density at radius 1 is 1.37 bits per heavy atom. The topological polar surface area (TPSA) is 67.6 Å². The third kappa shape index (κ3) is 4.44. The first kappa shape index (κ1) is 14.8. The van der Waals surface area contributed by atoms with Crippen LogP contribution in [-0.4, -0.2) is 55.7 Å². The van der Waals surface area contributed by atoms with Crippen molar-refractivity contribution in [1.29, 1.82) is 0 Å². The van der Waals surface area contributed by atoms with Gasteiger partial charge in [0.2, 0.25) is 5.91 Å². The molecule has 0 bridgehead atoms. The lowest BCUT2D eigenvalue weighted by Gasteiger charge is -2.32. The third-order valence-electron chi connectivity index (χ3n) is 4.32. The number of ether oxygens (including phenoxy) is 1. The third-order valence-corrected chi connectivity index (χ3v) is 4.32. The van der Waals surface area contributed by atoms with E-state index < -0.39 is 0 Å². The number of morpholine rings is 1. The highest BCUT2D eigenvalue weighted by molar-refractivity contribution is 5.78. The van der Waals surface area contributed by atoms with E-state index in [0.29, 0.717) is 12.6 Å². The van der Waals surface area contributed by atoms with Crippen molar-refractivity contribution >= 4 is 5.91 Å². The molecule has 19 heavy (non-hydrogen) atoms. The second-order valence-electron chi connectivity index (χ2n) is 5.74. The van der Waals surface area contributed by atoms with Crippen LogP contribution in [0.5, 0.6) is 0 Å². The maximum atomic E-state index is 12.1.